The number of rotatable bonds is 9. The van der Waals surface area contributed by atoms with Crippen molar-refractivity contribution >= 4 is 21.6 Å². The Morgan fingerprint density at radius 3 is 2.06 bits per heavy atom. The van der Waals surface area contributed by atoms with Crippen LogP contribution >= 0.6 is 0 Å². The molecular formula is C24H26N2O5S. The van der Waals surface area contributed by atoms with Gasteiger partial charge in [0.15, 0.2) is 0 Å². The van der Waals surface area contributed by atoms with Gasteiger partial charge in [-0.3, -0.25) is 9.52 Å². The van der Waals surface area contributed by atoms with Gasteiger partial charge in [0.2, 0.25) is 0 Å². The molecule has 0 unspecified atom stereocenters. The maximum atomic E-state index is 12.8. The Morgan fingerprint density at radius 2 is 1.50 bits per heavy atom. The van der Waals surface area contributed by atoms with E-state index in [0.29, 0.717) is 30.2 Å². The zero-order chi connectivity index (χ0) is 23.1. The maximum absolute atomic E-state index is 12.8. The summed E-state index contributed by atoms with van der Waals surface area (Å²) >= 11 is 0. The minimum absolute atomic E-state index is 0.0686. The number of nitrogens with zero attached hydrogens (tertiary/aromatic N) is 1. The van der Waals surface area contributed by atoms with Gasteiger partial charge in [-0.05, 0) is 73.2 Å². The predicted molar refractivity (Wildman–Crippen MR) is 124 cm³/mol. The van der Waals surface area contributed by atoms with Crippen molar-refractivity contribution in [2.24, 2.45) is 0 Å². The van der Waals surface area contributed by atoms with E-state index in [4.69, 9.17) is 9.47 Å². The Labute approximate surface area is 188 Å². The van der Waals surface area contributed by atoms with Crippen molar-refractivity contribution in [1.29, 1.82) is 0 Å². The standard InChI is InChI=1S/C24H26N2O5S/c1-4-31-22-11-5-18(6-12-22)17-26(2)24(27)19-7-15-23(16-8-19)32(28,29)25-20-9-13-21(30-3)14-10-20/h5-16,25H,4,17H2,1-3H3. The van der Waals surface area contributed by atoms with Gasteiger partial charge in [-0.2, -0.15) is 0 Å². The van der Waals surface area contributed by atoms with Crippen molar-refractivity contribution in [1.82, 2.24) is 4.90 Å². The van der Waals surface area contributed by atoms with Crippen LogP contribution in [0, 0.1) is 0 Å². The lowest BCUT2D eigenvalue weighted by atomic mass is 10.1. The SMILES string of the molecule is CCOc1ccc(CN(C)C(=O)c2ccc(S(=O)(=O)Nc3ccc(OC)cc3)cc2)cc1. The van der Waals surface area contributed by atoms with Gasteiger partial charge in [-0.15, -0.1) is 0 Å². The molecule has 0 spiro atoms. The van der Waals surface area contributed by atoms with Crippen molar-refractivity contribution in [3.05, 3.63) is 83.9 Å². The summed E-state index contributed by atoms with van der Waals surface area (Å²) in [6, 6.07) is 20.0. The molecule has 0 aromatic heterocycles. The molecule has 0 heterocycles. The fraction of sp³-hybridized carbons (Fsp3) is 0.208. The summed E-state index contributed by atoms with van der Waals surface area (Å²) < 4.78 is 38.3. The molecule has 168 valence electrons. The van der Waals surface area contributed by atoms with Crippen molar-refractivity contribution < 1.29 is 22.7 Å². The predicted octanol–water partition coefficient (Wildman–Crippen LogP) is 4.17. The number of methoxy groups -OCH3 is 1. The summed E-state index contributed by atoms with van der Waals surface area (Å²) in [5.41, 5.74) is 1.79. The molecule has 0 radical (unpaired) electrons. The molecule has 8 heteroatoms. The lowest BCUT2D eigenvalue weighted by molar-refractivity contribution is 0.0785. The molecular weight excluding hydrogens is 428 g/mol. The fourth-order valence-corrected chi connectivity index (χ4v) is 4.13. The lowest BCUT2D eigenvalue weighted by Crippen LogP contribution is -2.26. The van der Waals surface area contributed by atoms with Crippen LogP contribution in [0.5, 0.6) is 11.5 Å². The van der Waals surface area contributed by atoms with E-state index in [0.717, 1.165) is 11.3 Å². The van der Waals surface area contributed by atoms with Crippen LogP contribution < -0.4 is 14.2 Å². The van der Waals surface area contributed by atoms with Gasteiger partial charge in [0.25, 0.3) is 15.9 Å². The number of carbonyl (C=O) groups excluding carboxylic acids is 1. The van der Waals surface area contributed by atoms with Crippen LogP contribution in [-0.2, 0) is 16.6 Å². The number of sulfonamides is 1. The van der Waals surface area contributed by atoms with E-state index < -0.39 is 10.0 Å². The van der Waals surface area contributed by atoms with Crippen LogP contribution in [0.15, 0.2) is 77.7 Å². The van der Waals surface area contributed by atoms with Crippen molar-refractivity contribution in [3.63, 3.8) is 0 Å². The second kappa shape index (κ2) is 10.2. The van der Waals surface area contributed by atoms with Gasteiger partial charge >= 0.3 is 0 Å². The number of amides is 1. The zero-order valence-corrected chi connectivity index (χ0v) is 19.1. The molecule has 0 saturated carbocycles. The smallest absolute Gasteiger partial charge is 0.261 e. The van der Waals surface area contributed by atoms with Crippen LogP contribution in [-0.4, -0.2) is 40.0 Å². The summed E-state index contributed by atoms with van der Waals surface area (Å²) in [4.78, 5) is 14.4. The van der Waals surface area contributed by atoms with E-state index in [1.54, 1.807) is 36.2 Å². The molecule has 0 aliphatic heterocycles. The summed E-state index contributed by atoms with van der Waals surface area (Å²) in [6.45, 7) is 2.94. The van der Waals surface area contributed by atoms with Gasteiger partial charge in [-0.1, -0.05) is 12.1 Å². The monoisotopic (exact) mass is 454 g/mol. The number of anilines is 1. The highest BCUT2D eigenvalue weighted by atomic mass is 32.2. The highest BCUT2D eigenvalue weighted by molar-refractivity contribution is 7.92. The Hall–Kier alpha value is -3.52. The van der Waals surface area contributed by atoms with E-state index in [2.05, 4.69) is 4.72 Å². The topological polar surface area (TPSA) is 84.9 Å². The molecule has 32 heavy (non-hydrogen) atoms. The first-order valence-corrected chi connectivity index (χ1v) is 11.5. The Bertz CT molecular complexity index is 1140. The van der Waals surface area contributed by atoms with Crippen molar-refractivity contribution in [2.45, 2.75) is 18.4 Å². The highest BCUT2D eigenvalue weighted by Gasteiger charge is 2.17. The molecule has 0 aliphatic rings. The number of hydrogen-bond donors (Lipinski definition) is 1. The number of nitrogens with one attached hydrogen (secondary N) is 1. The second-order valence-electron chi connectivity index (χ2n) is 7.10. The Balaban J connectivity index is 1.65. The molecule has 0 saturated heterocycles. The molecule has 0 fully saturated rings. The van der Waals surface area contributed by atoms with Gasteiger partial charge in [-0.25, -0.2) is 8.42 Å². The number of hydrogen-bond acceptors (Lipinski definition) is 5. The van der Waals surface area contributed by atoms with E-state index in [-0.39, 0.29) is 10.8 Å². The average Bonchev–Trinajstić information content (AvgIpc) is 2.80. The normalized spacial score (nSPS) is 11.0. The van der Waals surface area contributed by atoms with Gasteiger partial charge in [0.1, 0.15) is 11.5 Å². The molecule has 3 rings (SSSR count). The number of carbonyl (C=O) groups is 1. The molecule has 3 aromatic carbocycles. The fourth-order valence-electron chi connectivity index (χ4n) is 3.07. The molecule has 1 N–H and O–H groups in total. The van der Waals surface area contributed by atoms with Gasteiger partial charge in [0, 0.05) is 24.8 Å². The molecule has 3 aromatic rings. The number of benzene rings is 3. The summed E-state index contributed by atoms with van der Waals surface area (Å²) in [5, 5.41) is 0. The van der Waals surface area contributed by atoms with Crippen LogP contribution in [0.4, 0.5) is 5.69 Å². The van der Waals surface area contributed by atoms with Crippen LogP contribution in [0.3, 0.4) is 0 Å². The molecule has 0 atom stereocenters. The largest absolute Gasteiger partial charge is 0.497 e. The molecule has 0 aliphatic carbocycles. The number of ether oxygens (including phenoxy) is 2. The second-order valence-corrected chi connectivity index (χ2v) is 8.78. The Morgan fingerprint density at radius 1 is 0.906 bits per heavy atom. The van der Waals surface area contributed by atoms with Crippen molar-refractivity contribution in [3.8, 4) is 11.5 Å². The summed E-state index contributed by atoms with van der Waals surface area (Å²) in [5.74, 6) is 1.21. The molecule has 7 nitrogen and oxygen atoms in total. The average molecular weight is 455 g/mol. The van der Waals surface area contributed by atoms with Crippen LogP contribution in [0.25, 0.3) is 0 Å². The third-order valence-corrected chi connectivity index (χ3v) is 6.15. The highest BCUT2D eigenvalue weighted by Crippen LogP contribution is 2.20. The first-order valence-electron chi connectivity index (χ1n) is 10.1. The van der Waals surface area contributed by atoms with E-state index >= 15 is 0 Å². The molecule has 1 amide bonds. The van der Waals surface area contributed by atoms with E-state index in [9.17, 15) is 13.2 Å². The maximum Gasteiger partial charge on any atom is 0.261 e. The summed E-state index contributed by atoms with van der Waals surface area (Å²) in [6.07, 6.45) is 0. The molecule has 0 bridgehead atoms. The summed E-state index contributed by atoms with van der Waals surface area (Å²) in [7, 11) is -0.538. The minimum atomic E-state index is -3.78. The van der Waals surface area contributed by atoms with Crippen molar-refractivity contribution in [2.75, 3.05) is 25.5 Å². The lowest BCUT2D eigenvalue weighted by Gasteiger charge is -2.18. The first-order chi connectivity index (χ1) is 15.3. The van der Waals surface area contributed by atoms with Crippen LogP contribution in [0.2, 0.25) is 0 Å². The first kappa shape index (κ1) is 23.1. The van der Waals surface area contributed by atoms with E-state index in [1.165, 1.54) is 31.4 Å². The third kappa shape index (κ3) is 5.79. The Kier molecular flexibility index (Phi) is 7.37. The van der Waals surface area contributed by atoms with E-state index in [1.807, 2.05) is 31.2 Å². The minimum Gasteiger partial charge on any atom is -0.497 e. The quantitative estimate of drug-likeness (QED) is 0.525. The van der Waals surface area contributed by atoms with Crippen LogP contribution in [0.1, 0.15) is 22.8 Å². The van der Waals surface area contributed by atoms with Gasteiger partial charge in [0.05, 0.1) is 18.6 Å². The zero-order valence-electron chi connectivity index (χ0n) is 18.2. The van der Waals surface area contributed by atoms with Gasteiger partial charge < -0.3 is 14.4 Å². The third-order valence-electron chi connectivity index (χ3n) is 4.75.